The molecule has 0 saturated heterocycles. The monoisotopic (exact) mass is 343 g/mol. The maximum absolute atomic E-state index is 12.1. The van der Waals surface area contributed by atoms with Crippen molar-refractivity contribution in [3.63, 3.8) is 0 Å². The molecule has 0 unspecified atom stereocenters. The van der Waals surface area contributed by atoms with Crippen LogP contribution in [0.4, 0.5) is 0 Å². The predicted molar refractivity (Wildman–Crippen MR) is 92.1 cm³/mol. The fourth-order valence-corrected chi connectivity index (χ4v) is 2.95. The fourth-order valence-electron chi connectivity index (χ4n) is 2.27. The van der Waals surface area contributed by atoms with Gasteiger partial charge < -0.3 is 5.32 Å². The Morgan fingerprint density at radius 1 is 1.29 bits per heavy atom. The standard InChI is InChI=1S/C16H17N5O2S/c1-11-10-13(14-4-3-9-24-14)19-21(11)8-7-17-16(23)12-5-6-15(22)20(2)18-12/h3-6,9-10H,7-8H2,1-2H3,(H,17,23). The second-order valence-electron chi connectivity index (χ2n) is 5.31. The highest BCUT2D eigenvalue weighted by atomic mass is 32.1. The number of hydrogen-bond acceptors (Lipinski definition) is 5. The lowest BCUT2D eigenvalue weighted by molar-refractivity contribution is 0.0944. The van der Waals surface area contributed by atoms with Gasteiger partial charge in [0.1, 0.15) is 11.4 Å². The quantitative estimate of drug-likeness (QED) is 0.760. The number of carbonyl (C=O) groups excluding carboxylic acids is 1. The summed E-state index contributed by atoms with van der Waals surface area (Å²) in [6, 6.07) is 8.80. The molecule has 3 aromatic rings. The van der Waals surface area contributed by atoms with Crippen molar-refractivity contribution < 1.29 is 4.79 Å². The highest BCUT2D eigenvalue weighted by Crippen LogP contribution is 2.23. The van der Waals surface area contributed by atoms with E-state index in [4.69, 9.17) is 0 Å². The number of nitrogens with one attached hydrogen (secondary N) is 1. The van der Waals surface area contributed by atoms with Crippen LogP contribution in [-0.4, -0.2) is 32.0 Å². The lowest BCUT2D eigenvalue weighted by atomic mass is 10.3. The summed E-state index contributed by atoms with van der Waals surface area (Å²) in [6.45, 7) is 2.98. The Morgan fingerprint density at radius 3 is 2.83 bits per heavy atom. The molecule has 8 heteroatoms. The second-order valence-corrected chi connectivity index (χ2v) is 6.26. The smallest absolute Gasteiger partial charge is 0.271 e. The molecule has 124 valence electrons. The third kappa shape index (κ3) is 3.43. The average Bonchev–Trinajstić information content (AvgIpc) is 3.20. The molecular weight excluding hydrogens is 326 g/mol. The number of aryl methyl sites for hydroxylation is 2. The van der Waals surface area contributed by atoms with E-state index >= 15 is 0 Å². The SMILES string of the molecule is Cc1cc(-c2cccs2)nn1CCNC(=O)c1ccc(=O)n(C)n1. The van der Waals surface area contributed by atoms with E-state index in [1.54, 1.807) is 11.3 Å². The van der Waals surface area contributed by atoms with Gasteiger partial charge in [0, 0.05) is 25.4 Å². The van der Waals surface area contributed by atoms with Crippen molar-refractivity contribution in [2.75, 3.05) is 6.54 Å². The van der Waals surface area contributed by atoms with Crippen molar-refractivity contribution in [3.8, 4) is 10.6 Å². The molecule has 0 saturated carbocycles. The van der Waals surface area contributed by atoms with Crippen LogP contribution in [0.5, 0.6) is 0 Å². The molecule has 1 N–H and O–H groups in total. The first-order valence-corrected chi connectivity index (χ1v) is 8.33. The molecule has 0 aliphatic carbocycles. The average molecular weight is 343 g/mol. The van der Waals surface area contributed by atoms with Gasteiger partial charge in [-0.1, -0.05) is 6.07 Å². The molecule has 0 aliphatic rings. The predicted octanol–water partition coefficient (Wildman–Crippen LogP) is 1.44. The molecule has 3 aromatic heterocycles. The molecule has 0 spiro atoms. The molecule has 3 rings (SSSR count). The van der Waals surface area contributed by atoms with Gasteiger partial charge in [0.15, 0.2) is 0 Å². The minimum atomic E-state index is -0.311. The minimum absolute atomic E-state index is 0.216. The van der Waals surface area contributed by atoms with Crippen LogP contribution in [0.1, 0.15) is 16.2 Å². The van der Waals surface area contributed by atoms with Gasteiger partial charge in [-0.3, -0.25) is 14.3 Å². The molecule has 3 heterocycles. The largest absolute Gasteiger partial charge is 0.349 e. The Hall–Kier alpha value is -2.74. The Morgan fingerprint density at radius 2 is 2.12 bits per heavy atom. The van der Waals surface area contributed by atoms with Crippen molar-refractivity contribution in [2.45, 2.75) is 13.5 Å². The van der Waals surface area contributed by atoms with Gasteiger partial charge in [-0.2, -0.15) is 10.2 Å². The van der Waals surface area contributed by atoms with E-state index in [1.807, 2.05) is 35.2 Å². The van der Waals surface area contributed by atoms with Gasteiger partial charge >= 0.3 is 0 Å². The van der Waals surface area contributed by atoms with Crippen molar-refractivity contribution in [1.82, 2.24) is 24.9 Å². The highest BCUT2D eigenvalue weighted by molar-refractivity contribution is 7.13. The van der Waals surface area contributed by atoms with E-state index in [2.05, 4.69) is 15.5 Å². The molecule has 0 fully saturated rings. The highest BCUT2D eigenvalue weighted by Gasteiger charge is 2.10. The Kier molecular flexibility index (Phi) is 4.57. The molecule has 24 heavy (non-hydrogen) atoms. The van der Waals surface area contributed by atoms with Crippen molar-refractivity contribution >= 4 is 17.2 Å². The molecule has 0 bridgehead atoms. The summed E-state index contributed by atoms with van der Waals surface area (Å²) < 4.78 is 3.00. The first-order chi connectivity index (χ1) is 11.5. The first-order valence-electron chi connectivity index (χ1n) is 7.45. The van der Waals surface area contributed by atoms with Crippen LogP contribution in [-0.2, 0) is 13.6 Å². The molecule has 0 radical (unpaired) electrons. The Balaban J connectivity index is 1.61. The number of nitrogens with zero attached hydrogens (tertiary/aromatic N) is 4. The summed E-state index contributed by atoms with van der Waals surface area (Å²) in [5, 5.41) is 13.3. The van der Waals surface area contributed by atoms with Crippen molar-refractivity contribution in [3.05, 3.63) is 57.5 Å². The van der Waals surface area contributed by atoms with E-state index in [0.717, 1.165) is 20.9 Å². The zero-order valence-electron chi connectivity index (χ0n) is 13.4. The van der Waals surface area contributed by atoms with Gasteiger partial charge in [-0.15, -0.1) is 11.3 Å². The van der Waals surface area contributed by atoms with E-state index in [1.165, 1.54) is 19.2 Å². The van der Waals surface area contributed by atoms with Gasteiger partial charge in [0.05, 0.1) is 11.4 Å². The summed E-state index contributed by atoms with van der Waals surface area (Å²) in [6.07, 6.45) is 0. The number of thiophene rings is 1. The number of amides is 1. The van der Waals surface area contributed by atoms with Gasteiger partial charge in [0.2, 0.25) is 0 Å². The summed E-state index contributed by atoms with van der Waals surface area (Å²) >= 11 is 1.64. The van der Waals surface area contributed by atoms with E-state index < -0.39 is 0 Å². The topological polar surface area (TPSA) is 81.8 Å². The van der Waals surface area contributed by atoms with Crippen molar-refractivity contribution in [2.24, 2.45) is 7.05 Å². The van der Waals surface area contributed by atoms with Crippen LogP contribution in [0.15, 0.2) is 40.5 Å². The summed E-state index contributed by atoms with van der Waals surface area (Å²) in [4.78, 5) is 24.5. The van der Waals surface area contributed by atoms with Crippen molar-refractivity contribution in [1.29, 1.82) is 0 Å². The fraction of sp³-hybridized carbons (Fsp3) is 0.250. The molecular formula is C16H17N5O2S. The zero-order valence-corrected chi connectivity index (χ0v) is 14.2. The number of carbonyl (C=O) groups is 1. The van der Waals surface area contributed by atoms with E-state index in [0.29, 0.717) is 13.1 Å². The summed E-state index contributed by atoms with van der Waals surface area (Å²) in [5.41, 5.74) is 1.94. The summed E-state index contributed by atoms with van der Waals surface area (Å²) in [7, 11) is 1.51. The molecule has 0 aromatic carbocycles. The van der Waals surface area contributed by atoms with Gasteiger partial charge in [0.25, 0.3) is 11.5 Å². The Bertz CT molecular complexity index is 911. The maximum Gasteiger partial charge on any atom is 0.271 e. The third-order valence-corrected chi connectivity index (χ3v) is 4.45. The number of aromatic nitrogens is 4. The first kappa shape index (κ1) is 16.1. The molecule has 0 aliphatic heterocycles. The maximum atomic E-state index is 12.1. The van der Waals surface area contributed by atoms with Crippen LogP contribution in [0.2, 0.25) is 0 Å². The molecule has 0 atom stereocenters. The van der Waals surface area contributed by atoms with Crippen LogP contribution in [0.25, 0.3) is 10.6 Å². The molecule has 1 amide bonds. The zero-order chi connectivity index (χ0) is 17.1. The van der Waals surface area contributed by atoms with Gasteiger partial charge in [-0.25, -0.2) is 4.68 Å². The normalized spacial score (nSPS) is 10.8. The minimum Gasteiger partial charge on any atom is -0.349 e. The van der Waals surface area contributed by atoms with Crippen LogP contribution >= 0.6 is 11.3 Å². The number of hydrogen-bond donors (Lipinski definition) is 1. The van der Waals surface area contributed by atoms with Crippen LogP contribution in [0, 0.1) is 6.92 Å². The molecule has 7 nitrogen and oxygen atoms in total. The second kappa shape index (κ2) is 6.79. The number of rotatable bonds is 5. The van der Waals surface area contributed by atoms with Crippen LogP contribution in [0.3, 0.4) is 0 Å². The van der Waals surface area contributed by atoms with E-state index in [-0.39, 0.29) is 17.2 Å². The lowest BCUT2D eigenvalue weighted by Gasteiger charge is -2.07. The third-order valence-electron chi connectivity index (χ3n) is 3.56. The summed E-state index contributed by atoms with van der Waals surface area (Å²) in [5.74, 6) is -0.311. The van der Waals surface area contributed by atoms with E-state index in [9.17, 15) is 9.59 Å². The van der Waals surface area contributed by atoms with Crippen LogP contribution < -0.4 is 10.9 Å². The lowest BCUT2D eigenvalue weighted by Crippen LogP contribution is -2.30. The van der Waals surface area contributed by atoms with Gasteiger partial charge in [-0.05, 0) is 30.5 Å². The Labute approximate surface area is 142 Å².